The van der Waals surface area contributed by atoms with Gasteiger partial charge in [0.1, 0.15) is 0 Å². The zero-order valence-corrected chi connectivity index (χ0v) is 9.14. The SMILES string of the molecule is CC(C)OCCC1CCS(=O)(=O)C1. The molecule has 1 rings (SSSR count). The summed E-state index contributed by atoms with van der Waals surface area (Å²) >= 11 is 0. The molecule has 0 aromatic rings. The maximum Gasteiger partial charge on any atom is 0.150 e. The van der Waals surface area contributed by atoms with E-state index in [1.807, 2.05) is 13.8 Å². The fourth-order valence-corrected chi connectivity index (χ4v) is 3.48. The molecule has 1 saturated heterocycles. The van der Waals surface area contributed by atoms with Crippen molar-refractivity contribution < 1.29 is 13.2 Å². The molecule has 0 spiro atoms. The van der Waals surface area contributed by atoms with Gasteiger partial charge in [0.25, 0.3) is 0 Å². The van der Waals surface area contributed by atoms with E-state index in [0.29, 0.717) is 24.0 Å². The second kappa shape index (κ2) is 4.42. The zero-order valence-electron chi connectivity index (χ0n) is 8.32. The second-order valence-electron chi connectivity index (χ2n) is 3.98. The summed E-state index contributed by atoms with van der Waals surface area (Å²) in [7, 11) is -2.70. The van der Waals surface area contributed by atoms with Crippen molar-refractivity contribution in [3.8, 4) is 0 Å². The summed E-state index contributed by atoms with van der Waals surface area (Å²) in [6.45, 7) is 4.68. The van der Waals surface area contributed by atoms with Gasteiger partial charge in [-0.05, 0) is 32.6 Å². The Hall–Kier alpha value is -0.0900. The third kappa shape index (κ3) is 4.09. The van der Waals surface area contributed by atoms with Crippen molar-refractivity contribution in [2.45, 2.75) is 32.8 Å². The van der Waals surface area contributed by atoms with Gasteiger partial charge in [-0.1, -0.05) is 0 Å². The third-order valence-electron chi connectivity index (χ3n) is 2.30. The molecule has 0 saturated carbocycles. The molecule has 0 radical (unpaired) electrons. The number of hydrogen-bond donors (Lipinski definition) is 0. The summed E-state index contributed by atoms with van der Waals surface area (Å²) in [4.78, 5) is 0. The second-order valence-corrected chi connectivity index (χ2v) is 6.21. The topological polar surface area (TPSA) is 43.4 Å². The van der Waals surface area contributed by atoms with E-state index >= 15 is 0 Å². The van der Waals surface area contributed by atoms with Gasteiger partial charge in [0.2, 0.25) is 0 Å². The highest BCUT2D eigenvalue weighted by Gasteiger charge is 2.27. The minimum Gasteiger partial charge on any atom is -0.379 e. The van der Waals surface area contributed by atoms with Gasteiger partial charge in [-0.2, -0.15) is 0 Å². The van der Waals surface area contributed by atoms with Gasteiger partial charge < -0.3 is 4.74 Å². The lowest BCUT2D eigenvalue weighted by atomic mass is 10.1. The molecular formula is C9H18O3S. The van der Waals surface area contributed by atoms with Crippen LogP contribution < -0.4 is 0 Å². The molecule has 3 nitrogen and oxygen atoms in total. The van der Waals surface area contributed by atoms with Crippen molar-refractivity contribution in [3.63, 3.8) is 0 Å². The smallest absolute Gasteiger partial charge is 0.150 e. The highest BCUT2D eigenvalue weighted by Crippen LogP contribution is 2.21. The molecule has 78 valence electrons. The van der Waals surface area contributed by atoms with Crippen molar-refractivity contribution in [1.29, 1.82) is 0 Å². The van der Waals surface area contributed by atoms with Crippen molar-refractivity contribution in [2.24, 2.45) is 5.92 Å². The minimum absolute atomic E-state index is 0.248. The van der Waals surface area contributed by atoms with Crippen LogP contribution in [0, 0.1) is 5.92 Å². The Labute approximate surface area is 80.4 Å². The minimum atomic E-state index is -2.70. The monoisotopic (exact) mass is 206 g/mol. The fourth-order valence-electron chi connectivity index (χ4n) is 1.57. The van der Waals surface area contributed by atoms with Crippen molar-refractivity contribution >= 4 is 9.84 Å². The van der Waals surface area contributed by atoms with E-state index in [4.69, 9.17) is 4.74 Å². The summed E-state index contributed by atoms with van der Waals surface area (Å²) in [5, 5.41) is 0. The number of rotatable bonds is 4. The van der Waals surface area contributed by atoms with Gasteiger partial charge in [-0.3, -0.25) is 0 Å². The van der Waals surface area contributed by atoms with Gasteiger partial charge in [0.15, 0.2) is 9.84 Å². The van der Waals surface area contributed by atoms with Crippen molar-refractivity contribution in [1.82, 2.24) is 0 Å². The lowest BCUT2D eigenvalue weighted by Gasteiger charge is -2.10. The van der Waals surface area contributed by atoms with E-state index in [1.54, 1.807) is 0 Å². The molecule has 1 fully saturated rings. The quantitative estimate of drug-likeness (QED) is 0.695. The first-order valence-electron chi connectivity index (χ1n) is 4.81. The summed E-state index contributed by atoms with van der Waals surface area (Å²) in [6.07, 6.45) is 1.96. The maximum absolute atomic E-state index is 11.1. The number of sulfone groups is 1. The first-order chi connectivity index (χ1) is 5.99. The Bertz CT molecular complexity index is 244. The normalized spacial score (nSPS) is 26.8. The van der Waals surface area contributed by atoms with Crippen LogP contribution in [0.2, 0.25) is 0 Å². The average Bonchev–Trinajstić information content (AvgIpc) is 2.29. The van der Waals surface area contributed by atoms with Crippen LogP contribution in [0.3, 0.4) is 0 Å². The van der Waals surface area contributed by atoms with Crippen LogP contribution in [0.25, 0.3) is 0 Å². The zero-order chi connectivity index (χ0) is 9.90. The molecule has 1 aliphatic heterocycles. The molecule has 1 atom stereocenters. The molecule has 0 bridgehead atoms. The lowest BCUT2D eigenvalue weighted by Crippen LogP contribution is -2.10. The van der Waals surface area contributed by atoms with Crippen molar-refractivity contribution in [3.05, 3.63) is 0 Å². The molecule has 4 heteroatoms. The Morgan fingerprint density at radius 2 is 2.15 bits per heavy atom. The predicted octanol–water partition coefficient (Wildman–Crippen LogP) is 1.24. The standard InChI is InChI=1S/C9H18O3S/c1-8(2)12-5-3-9-4-6-13(10,11)7-9/h8-9H,3-7H2,1-2H3. The van der Waals surface area contributed by atoms with Crippen molar-refractivity contribution in [2.75, 3.05) is 18.1 Å². The summed E-state index contributed by atoms with van der Waals surface area (Å²) < 4.78 is 27.6. The molecule has 1 heterocycles. The van der Waals surface area contributed by atoms with Gasteiger partial charge in [-0.15, -0.1) is 0 Å². The molecule has 0 amide bonds. The molecule has 0 aromatic carbocycles. The van der Waals surface area contributed by atoms with E-state index in [1.165, 1.54) is 0 Å². The molecule has 0 aromatic heterocycles. The summed E-state index contributed by atoms with van der Waals surface area (Å²) in [6, 6.07) is 0. The van der Waals surface area contributed by atoms with Crippen LogP contribution in [0.5, 0.6) is 0 Å². The fraction of sp³-hybridized carbons (Fsp3) is 1.00. The molecule has 1 aliphatic rings. The summed E-state index contributed by atoms with van der Waals surface area (Å²) in [5.41, 5.74) is 0. The Balaban J connectivity index is 2.18. The van der Waals surface area contributed by atoms with Crippen LogP contribution in [0.4, 0.5) is 0 Å². The molecule has 0 N–H and O–H groups in total. The van der Waals surface area contributed by atoms with Crippen LogP contribution >= 0.6 is 0 Å². The van der Waals surface area contributed by atoms with E-state index in [-0.39, 0.29) is 6.10 Å². The van der Waals surface area contributed by atoms with Crippen LogP contribution in [-0.2, 0) is 14.6 Å². The molecule has 13 heavy (non-hydrogen) atoms. The van der Waals surface area contributed by atoms with E-state index < -0.39 is 9.84 Å². The van der Waals surface area contributed by atoms with E-state index in [9.17, 15) is 8.42 Å². The van der Waals surface area contributed by atoms with Crippen LogP contribution in [0.15, 0.2) is 0 Å². The number of ether oxygens (including phenoxy) is 1. The highest BCUT2D eigenvalue weighted by atomic mass is 32.2. The Morgan fingerprint density at radius 1 is 1.46 bits per heavy atom. The van der Waals surface area contributed by atoms with E-state index in [0.717, 1.165) is 12.8 Å². The number of hydrogen-bond acceptors (Lipinski definition) is 3. The third-order valence-corrected chi connectivity index (χ3v) is 4.14. The predicted molar refractivity (Wildman–Crippen MR) is 52.5 cm³/mol. The maximum atomic E-state index is 11.1. The molecular weight excluding hydrogens is 188 g/mol. The largest absolute Gasteiger partial charge is 0.379 e. The van der Waals surface area contributed by atoms with Gasteiger partial charge in [0, 0.05) is 6.61 Å². The molecule has 0 aliphatic carbocycles. The van der Waals surface area contributed by atoms with Crippen LogP contribution in [-0.4, -0.2) is 32.6 Å². The Morgan fingerprint density at radius 3 is 2.62 bits per heavy atom. The average molecular weight is 206 g/mol. The van der Waals surface area contributed by atoms with Crippen LogP contribution in [0.1, 0.15) is 26.7 Å². The highest BCUT2D eigenvalue weighted by molar-refractivity contribution is 7.91. The molecule has 1 unspecified atom stereocenters. The van der Waals surface area contributed by atoms with Gasteiger partial charge >= 0.3 is 0 Å². The first-order valence-corrected chi connectivity index (χ1v) is 6.64. The van der Waals surface area contributed by atoms with E-state index in [2.05, 4.69) is 0 Å². The van der Waals surface area contributed by atoms with Gasteiger partial charge in [0.05, 0.1) is 17.6 Å². The Kier molecular flexibility index (Phi) is 3.74. The first kappa shape index (κ1) is 11.0. The lowest BCUT2D eigenvalue weighted by molar-refractivity contribution is 0.0702. The van der Waals surface area contributed by atoms with Gasteiger partial charge in [-0.25, -0.2) is 8.42 Å². The summed E-state index contributed by atoms with van der Waals surface area (Å²) in [5.74, 6) is 1.08.